The van der Waals surface area contributed by atoms with Crippen molar-refractivity contribution in [2.24, 2.45) is 0 Å². The smallest absolute Gasteiger partial charge is 0.326 e. The number of nitrogens with zero attached hydrogens (tertiary/aromatic N) is 2. The molecule has 2 rings (SSSR count). The molecule has 7 nitrogen and oxygen atoms in total. The van der Waals surface area contributed by atoms with Crippen LogP contribution >= 0.6 is 0 Å². The summed E-state index contributed by atoms with van der Waals surface area (Å²) < 4.78 is 5.92. The van der Waals surface area contributed by atoms with Crippen LogP contribution in [0.2, 0.25) is 0 Å². The zero-order valence-corrected chi connectivity index (χ0v) is 13.0. The Hall–Kier alpha value is -1.34. The number of hydrogen-bond acceptors (Lipinski definition) is 4. The molecule has 2 aliphatic rings. The van der Waals surface area contributed by atoms with Crippen molar-refractivity contribution >= 4 is 12.0 Å². The Balaban J connectivity index is 2.17. The first-order valence-corrected chi connectivity index (χ1v) is 7.17. The largest absolute Gasteiger partial charge is 0.480 e. The van der Waals surface area contributed by atoms with Gasteiger partial charge in [0.2, 0.25) is 0 Å². The van der Waals surface area contributed by atoms with E-state index >= 15 is 0 Å². The van der Waals surface area contributed by atoms with Crippen LogP contribution in [-0.4, -0.2) is 75.0 Å². The van der Waals surface area contributed by atoms with Gasteiger partial charge in [0.25, 0.3) is 0 Å². The lowest BCUT2D eigenvalue weighted by atomic mass is 9.99. The van der Waals surface area contributed by atoms with E-state index in [9.17, 15) is 19.8 Å². The number of aliphatic hydroxyl groups is 1. The first-order chi connectivity index (χ1) is 9.51. The summed E-state index contributed by atoms with van der Waals surface area (Å²) in [5, 5.41) is 18.9. The van der Waals surface area contributed by atoms with Gasteiger partial charge in [0.05, 0.1) is 30.4 Å². The zero-order chi connectivity index (χ0) is 16.0. The van der Waals surface area contributed by atoms with E-state index in [4.69, 9.17) is 4.74 Å². The summed E-state index contributed by atoms with van der Waals surface area (Å²) in [6.07, 6.45) is -0.699. The number of morpholine rings is 1. The number of ether oxygens (including phenoxy) is 1. The second-order valence-corrected chi connectivity index (χ2v) is 7.16. The highest BCUT2D eigenvalue weighted by Gasteiger charge is 2.45. The molecule has 0 bridgehead atoms. The van der Waals surface area contributed by atoms with E-state index in [2.05, 4.69) is 0 Å². The molecule has 2 N–H and O–H groups in total. The highest BCUT2D eigenvalue weighted by molar-refractivity contribution is 5.83. The number of carboxylic acid groups (broad SMARTS) is 1. The third-order valence-electron chi connectivity index (χ3n) is 3.78. The fourth-order valence-electron chi connectivity index (χ4n) is 3.36. The van der Waals surface area contributed by atoms with Gasteiger partial charge in [-0.15, -0.1) is 0 Å². The third-order valence-corrected chi connectivity index (χ3v) is 3.78. The van der Waals surface area contributed by atoms with Crippen molar-refractivity contribution in [2.45, 2.75) is 57.5 Å². The molecule has 0 unspecified atom stereocenters. The van der Waals surface area contributed by atoms with Gasteiger partial charge in [-0.25, -0.2) is 9.59 Å². The van der Waals surface area contributed by atoms with Crippen LogP contribution in [0.3, 0.4) is 0 Å². The summed E-state index contributed by atoms with van der Waals surface area (Å²) in [5.74, 6) is -1.08. The van der Waals surface area contributed by atoms with Crippen LogP contribution in [0.5, 0.6) is 0 Å². The molecule has 0 aromatic carbocycles. The number of carboxylic acids is 1. The molecule has 2 fully saturated rings. The number of carbonyl (C=O) groups is 2. The predicted octanol–water partition coefficient (Wildman–Crippen LogP) is 0.516. The zero-order valence-electron chi connectivity index (χ0n) is 13.0. The normalized spacial score (nSPS) is 31.3. The van der Waals surface area contributed by atoms with E-state index in [1.807, 2.05) is 27.7 Å². The Bertz CT molecular complexity index is 433. The standard InChI is InChI=1S/C14H24N2O5/c1-13(2)7-15(8-14(3,4)21-13)12(20)16-6-9(17)5-10(16)11(18)19/h9-10,17H,5-8H2,1-4H3,(H,18,19)/t9-,10-/m0/s1. The number of hydrogen-bond donors (Lipinski definition) is 2. The molecule has 0 radical (unpaired) electrons. The fourth-order valence-corrected chi connectivity index (χ4v) is 3.36. The molecule has 2 aliphatic heterocycles. The van der Waals surface area contributed by atoms with Crippen LogP contribution in [0.25, 0.3) is 0 Å². The van der Waals surface area contributed by atoms with Crippen molar-refractivity contribution in [3.63, 3.8) is 0 Å². The fraction of sp³-hybridized carbons (Fsp3) is 0.857. The van der Waals surface area contributed by atoms with Crippen LogP contribution in [0.1, 0.15) is 34.1 Å². The van der Waals surface area contributed by atoms with Crippen molar-refractivity contribution in [1.29, 1.82) is 0 Å². The highest BCUT2D eigenvalue weighted by Crippen LogP contribution is 2.30. The van der Waals surface area contributed by atoms with Crippen molar-refractivity contribution in [2.75, 3.05) is 19.6 Å². The summed E-state index contributed by atoms with van der Waals surface area (Å²) >= 11 is 0. The summed E-state index contributed by atoms with van der Waals surface area (Å²) in [7, 11) is 0. The van der Waals surface area contributed by atoms with Gasteiger partial charge >= 0.3 is 12.0 Å². The van der Waals surface area contributed by atoms with Crippen molar-refractivity contribution in [3.8, 4) is 0 Å². The maximum atomic E-state index is 12.7. The summed E-state index contributed by atoms with van der Waals surface area (Å²) in [5.41, 5.74) is -0.983. The molecule has 0 aliphatic carbocycles. The van der Waals surface area contributed by atoms with Gasteiger partial charge < -0.3 is 24.7 Å². The Morgan fingerprint density at radius 2 is 1.67 bits per heavy atom. The second-order valence-electron chi connectivity index (χ2n) is 7.16. The van der Waals surface area contributed by atoms with E-state index in [1.54, 1.807) is 4.90 Å². The average Bonchev–Trinajstić information content (AvgIpc) is 2.66. The van der Waals surface area contributed by atoms with Gasteiger partial charge in [-0.1, -0.05) is 0 Å². The van der Waals surface area contributed by atoms with E-state index in [1.165, 1.54) is 4.90 Å². The van der Waals surface area contributed by atoms with E-state index < -0.39 is 29.3 Å². The Kier molecular flexibility index (Phi) is 3.92. The molecule has 0 aromatic rings. The van der Waals surface area contributed by atoms with Gasteiger partial charge in [0, 0.05) is 13.0 Å². The maximum absolute atomic E-state index is 12.7. The highest BCUT2D eigenvalue weighted by atomic mass is 16.5. The van der Waals surface area contributed by atoms with Gasteiger partial charge in [-0.05, 0) is 27.7 Å². The molecule has 2 amide bonds. The van der Waals surface area contributed by atoms with E-state index in [-0.39, 0.29) is 19.0 Å². The number of aliphatic carboxylic acids is 1. The molecule has 2 heterocycles. The topological polar surface area (TPSA) is 90.3 Å². The number of urea groups is 1. The Morgan fingerprint density at radius 1 is 1.14 bits per heavy atom. The van der Waals surface area contributed by atoms with E-state index in [0.717, 1.165) is 0 Å². The first-order valence-electron chi connectivity index (χ1n) is 7.17. The first kappa shape index (κ1) is 16.0. The molecule has 2 atom stereocenters. The van der Waals surface area contributed by atoms with Crippen molar-refractivity contribution in [3.05, 3.63) is 0 Å². The summed E-state index contributed by atoms with van der Waals surface area (Å²) in [6.45, 7) is 8.48. The van der Waals surface area contributed by atoms with E-state index in [0.29, 0.717) is 13.1 Å². The van der Waals surface area contributed by atoms with Gasteiger partial charge in [0.15, 0.2) is 0 Å². The minimum atomic E-state index is -1.08. The summed E-state index contributed by atoms with van der Waals surface area (Å²) in [4.78, 5) is 26.8. The van der Waals surface area contributed by atoms with Gasteiger partial charge in [-0.2, -0.15) is 0 Å². The Labute approximate surface area is 124 Å². The lowest BCUT2D eigenvalue weighted by molar-refractivity contribution is -0.172. The van der Waals surface area contributed by atoms with Crippen LogP contribution < -0.4 is 0 Å². The van der Waals surface area contributed by atoms with Crippen molar-refractivity contribution in [1.82, 2.24) is 9.80 Å². The minimum Gasteiger partial charge on any atom is -0.480 e. The van der Waals surface area contributed by atoms with Gasteiger partial charge in [0.1, 0.15) is 6.04 Å². The third kappa shape index (κ3) is 3.47. The number of carbonyl (C=O) groups excluding carboxylic acids is 1. The predicted molar refractivity (Wildman–Crippen MR) is 75.0 cm³/mol. The monoisotopic (exact) mass is 300 g/mol. The van der Waals surface area contributed by atoms with Crippen LogP contribution in [0.15, 0.2) is 0 Å². The molecule has 120 valence electrons. The second kappa shape index (κ2) is 5.14. The number of aliphatic hydroxyl groups excluding tert-OH is 1. The molecule has 7 heteroatoms. The average molecular weight is 300 g/mol. The Morgan fingerprint density at radius 3 is 2.14 bits per heavy atom. The van der Waals surface area contributed by atoms with Crippen LogP contribution in [-0.2, 0) is 9.53 Å². The van der Waals surface area contributed by atoms with Gasteiger partial charge in [-0.3, -0.25) is 0 Å². The van der Waals surface area contributed by atoms with Crippen LogP contribution in [0, 0.1) is 0 Å². The number of rotatable bonds is 1. The van der Waals surface area contributed by atoms with Crippen molar-refractivity contribution < 1.29 is 24.5 Å². The summed E-state index contributed by atoms with van der Waals surface area (Å²) in [6, 6.07) is -1.30. The number of likely N-dealkylation sites (tertiary alicyclic amines) is 1. The lowest BCUT2D eigenvalue weighted by Gasteiger charge is -2.48. The lowest BCUT2D eigenvalue weighted by Crippen LogP contribution is -2.61. The molecule has 21 heavy (non-hydrogen) atoms. The molecular formula is C14H24N2O5. The quantitative estimate of drug-likeness (QED) is 0.736. The maximum Gasteiger partial charge on any atom is 0.326 e. The molecule has 2 saturated heterocycles. The van der Waals surface area contributed by atoms with Crippen LogP contribution in [0.4, 0.5) is 4.79 Å². The SMILES string of the molecule is CC1(C)CN(C(=O)N2C[C@@H](O)C[C@H]2C(=O)O)CC(C)(C)O1. The molecule has 0 aromatic heterocycles. The minimum absolute atomic E-state index is 0.0635. The number of amides is 2. The number of β-amino-alcohol motifs (C(OH)–C–C–N with tert-alkyl or cyclic N) is 1. The molecular weight excluding hydrogens is 276 g/mol. The molecule has 0 spiro atoms. The molecule has 0 saturated carbocycles.